The van der Waals surface area contributed by atoms with E-state index in [9.17, 15) is 13.2 Å². The Hall–Kier alpha value is -1.70. The number of piperidine rings is 1. The molecule has 1 aromatic carbocycles. The Morgan fingerprint density at radius 1 is 1.30 bits per heavy atom. The van der Waals surface area contributed by atoms with E-state index < -0.39 is 10.0 Å². The number of benzene rings is 1. The zero-order valence-electron chi connectivity index (χ0n) is 13.2. The number of nitrogens with zero attached hydrogens (tertiary/aromatic N) is 1. The first-order chi connectivity index (χ1) is 10.9. The number of methoxy groups -OCH3 is 1. The lowest BCUT2D eigenvalue weighted by molar-refractivity contribution is 0.0572. The lowest BCUT2D eigenvalue weighted by atomic mass is 10.1. The molecule has 7 heteroatoms. The summed E-state index contributed by atoms with van der Waals surface area (Å²) in [7, 11) is -1.95. The van der Waals surface area contributed by atoms with Crippen LogP contribution in [0.2, 0.25) is 0 Å². The number of nitrogens with one attached hydrogen (secondary N) is 1. The van der Waals surface area contributed by atoms with Gasteiger partial charge in [0.2, 0.25) is 10.0 Å². The van der Waals surface area contributed by atoms with Crippen molar-refractivity contribution in [3.63, 3.8) is 0 Å². The Bertz CT molecular complexity index is 889. The van der Waals surface area contributed by atoms with Gasteiger partial charge in [-0.1, -0.05) is 0 Å². The first kappa shape index (κ1) is 16.2. The molecule has 1 N–H and O–H groups in total. The van der Waals surface area contributed by atoms with Crippen LogP contribution in [0.1, 0.15) is 18.4 Å². The van der Waals surface area contributed by atoms with E-state index in [0.717, 1.165) is 12.8 Å². The van der Waals surface area contributed by atoms with Gasteiger partial charge in [0.1, 0.15) is 0 Å². The molecule has 0 amide bonds. The number of rotatable bonds is 3. The summed E-state index contributed by atoms with van der Waals surface area (Å²) in [6, 6.07) is 6.51. The summed E-state index contributed by atoms with van der Waals surface area (Å²) < 4.78 is 32.5. The van der Waals surface area contributed by atoms with Crippen LogP contribution in [-0.4, -0.2) is 44.0 Å². The highest BCUT2D eigenvalue weighted by atomic mass is 32.2. The second kappa shape index (κ2) is 6.07. The van der Waals surface area contributed by atoms with Gasteiger partial charge in [-0.3, -0.25) is 4.79 Å². The van der Waals surface area contributed by atoms with Crippen molar-refractivity contribution >= 4 is 20.9 Å². The fourth-order valence-corrected chi connectivity index (χ4v) is 4.47. The summed E-state index contributed by atoms with van der Waals surface area (Å²) in [4.78, 5) is 14.6. The van der Waals surface area contributed by atoms with Gasteiger partial charge in [0.15, 0.2) is 0 Å². The summed E-state index contributed by atoms with van der Waals surface area (Å²) in [5, 5.41) is 0.712. The van der Waals surface area contributed by atoms with Crippen molar-refractivity contribution in [1.29, 1.82) is 0 Å². The standard InChI is InChI=1S/C16H20N2O4S/c1-11-8-12-9-14(5-6-15(12)17-16(11)19)23(20,21)18-7-3-4-13(10-18)22-2/h5-6,8-9,13H,3-4,7,10H2,1-2H3,(H,17,19)/t13-/m1/s1. The van der Waals surface area contributed by atoms with Crippen molar-refractivity contribution in [3.05, 3.63) is 40.2 Å². The zero-order chi connectivity index (χ0) is 16.6. The van der Waals surface area contributed by atoms with Crippen molar-refractivity contribution in [2.45, 2.75) is 30.8 Å². The third kappa shape index (κ3) is 3.04. The number of sulfonamides is 1. The second-order valence-corrected chi connectivity index (χ2v) is 7.83. The SMILES string of the molecule is CO[C@@H]1CCCN(S(=O)(=O)c2ccc3[nH]c(=O)c(C)cc3c2)C1. The Balaban J connectivity index is 2.01. The molecular formula is C16H20N2O4S. The highest BCUT2D eigenvalue weighted by Gasteiger charge is 2.30. The molecule has 6 nitrogen and oxygen atoms in total. The average molecular weight is 336 g/mol. The second-order valence-electron chi connectivity index (χ2n) is 5.89. The average Bonchev–Trinajstić information content (AvgIpc) is 2.55. The summed E-state index contributed by atoms with van der Waals surface area (Å²) in [6.07, 6.45) is 1.61. The molecule has 0 aliphatic carbocycles. The summed E-state index contributed by atoms with van der Waals surface area (Å²) in [5.41, 5.74) is 1.03. The number of H-pyrrole nitrogens is 1. The van der Waals surface area contributed by atoms with Crippen LogP contribution in [0.4, 0.5) is 0 Å². The molecule has 0 spiro atoms. The molecule has 1 aromatic heterocycles. The van der Waals surface area contributed by atoms with Crippen molar-refractivity contribution in [3.8, 4) is 0 Å². The van der Waals surface area contributed by atoms with Gasteiger partial charge in [-0.15, -0.1) is 0 Å². The molecule has 1 atom stereocenters. The predicted octanol–water partition coefficient (Wildman–Crippen LogP) is 1.64. The molecule has 23 heavy (non-hydrogen) atoms. The van der Waals surface area contributed by atoms with Gasteiger partial charge in [-0.2, -0.15) is 4.31 Å². The zero-order valence-corrected chi connectivity index (χ0v) is 14.0. The minimum Gasteiger partial charge on any atom is -0.380 e. The minimum absolute atomic E-state index is 0.0578. The largest absolute Gasteiger partial charge is 0.380 e. The van der Waals surface area contributed by atoms with Crippen molar-refractivity contribution in [2.24, 2.45) is 0 Å². The minimum atomic E-state index is -3.56. The number of aromatic nitrogens is 1. The maximum Gasteiger partial charge on any atom is 0.251 e. The number of aromatic amines is 1. The van der Waals surface area contributed by atoms with Gasteiger partial charge in [0.05, 0.1) is 11.0 Å². The summed E-state index contributed by atoms with van der Waals surface area (Å²) in [6.45, 7) is 2.58. The molecule has 1 aliphatic heterocycles. The third-order valence-electron chi connectivity index (χ3n) is 4.31. The van der Waals surface area contributed by atoms with Crippen LogP contribution in [0, 0.1) is 6.92 Å². The molecule has 2 heterocycles. The molecule has 0 radical (unpaired) electrons. The van der Waals surface area contributed by atoms with Crippen molar-refractivity contribution < 1.29 is 13.2 Å². The number of ether oxygens (including phenoxy) is 1. The number of aryl methyl sites for hydroxylation is 1. The Morgan fingerprint density at radius 2 is 2.09 bits per heavy atom. The molecule has 0 bridgehead atoms. The number of pyridine rings is 1. The van der Waals surface area contributed by atoms with Gasteiger partial charge >= 0.3 is 0 Å². The lowest BCUT2D eigenvalue weighted by Crippen LogP contribution is -2.42. The van der Waals surface area contributed by atoms with E-state index in [2.05, 4.69) is 4.98 Å². The Morgan fingerprint density at radius 3 is 2.83 bits per heavy atom. The Kier molecular flexibility index (Phi) is 4.27. The van der Waals surface area contributed by atoms with Crippen LogP contribution in [0.25, 0.3) is 10.9 Å². The molecule has 2 aromatic rings. The van der Waals surface area contributed by atoms with Gasteiger partial charge in [0.25, 0.3) is 5.56 Å². The van der Waals surface area contributed by atoms with Gasteiger partial charge in [-0.05, 0) is 49.4 Å². The van der Waals surface area contributed by atoms with Gasteiger partial charge in [0, 0.05) is 31.3 Å². The Labute approximate surface area is 135 Å². The monoisotopic (exact) mass is 336 g/mol. The first-order valence-electron chi connectivity index (χ1n) is 7.58. The molecule has 1 fully saturated rings. The van der Waals surface area contributed by atoms with Gasteiger partial charge < -0.3 is 9.72 Å². The molecule has 0 unspecified atom stereocenters. The molecular weight excluding hydrogens is 316 g/mol. The van der Waals surface area contributed by atoms with Crippen molar-refractivity contribution in [2.75, 3.05) is 20.2 Å². The van der Waals surface area contributed by atoms with Crippen LogP contribution >= 0.6 is 0 Å². The number of fused-ring (bicyclic) bond motifs is 1. The maximum atomic E-state index is 12.8. The molecule has 0 saturated carbocycles. The molecule has 3 rings (SSSR count). The van der Waals surface area contributed by atoms with E-state index >= 15 is 0 Å². The van der Waals surface area contributed by atoms with E-state index in [1.165, 1.54) is 4.31 Å². The highest BCUT2D eigenvalue weighted by Crippen LogP contribution is 2.24. The molecule has 124 valence electrons. The first-order valence-corrected chi connectivity index (χ1v) is 9.02. The van der Waals surface area contributed by atoms with Crippen LogP contribution in [0.5, 0.6) is 0 Å². The van der Waals surface area contributed by atoms with Gasteiger partial charge in [-0.25, -0.2) is 8.42 Å². The number of hydrogen-bond acceptors (Lipinski definition) is 4. The van der Waals surface area contributed by atoms with Crippen LogP contribution < -0.4 is 5.56 Å². The van der Waals surface area contributed by atoms with Crippen LogP contribution in [-0.2, 0) is 14.8 Å². The quantitative estimate of drug-likeness (QED) is 0.924. The fourth-order valence-electron chi connectivity index (χ4n) is 2.92. The third-order valence-corrected chi connectivity index (χ3v) is 6.17. The number of hydrogen-bond donors (Lipinski definition) is 1. The normalized spacial score (nSPS) is 20.0. The van der Waals surface area contributed by atoms with E-state index in [1.54, 1.807) is 38.3 Å². The topological polar surface area (TPSA) is 79.5 Å². The highest BCUT2D eigenvalue weighted by molar-refractivity contribution is 7.89. The summed E-state index contributed by atoms with van der Waals surface area (Å²) >= 11 is 0. The summed E-state index contributed by atoms with van der Waals surface area (Å²) in [5.74, 6) is 0. The van der Waals surface area contributed by atoms with Crippen molar-refractivity contribution in [1.82, 2.24) is 9.29 Å². The fraction of sp³-hybridized carbons (Fsp3) is 0.438. The lowest BCUT2D eigenvalue weighted by Gasteiger charge is -2.31. The van der Waals surface area contributed by atoms with E-state index in [-0.39, 0.29) is 16.6 Å². The molecule has 1 aliphatic rings. The molecule has 1 saturated heterocycles. The van der Waals surface area contributed by atoms with E-state index in [0.29, 0.717) is 29.6 Å². The van der Waals surface area contributed by atoms with Crippen LogP contribution in [0.15, 0.2) is 34.0 Å². The predicted molar refractivity (Wildman–Crippen MR) is 88.1 cm³/mol. The smallest absolute Gasteiger partial charge is 0.251 e. The van der Waals surface area contributed by atoms with E-state index in [4.69, 9.17) is 4.74 Å². The van der Waals surface area contributed by atoms with Crippen LogP contribution in [0.3, 0.4) is 0 Å². The van der Waals surface area contributed by atoms with E-state index in [1.807, 2.05) is 0 Å². The maximum absolute atomic E-state index is 12.8.